The fraction of sp³-hybridized carbons (Fsp3) is 0.462. The van der Waals surface area contributed by atoms with Gasteiger partial charge in [0.2, 0.25) is 5.89 Å². The molecule has 98 valence electrons. The molecule has 0 amide bonds. The second-order valence-electron chi connectivity index (χ2n) is 5.08. The van der Waals surface area contributed by atoms with Crippen molar-refractivity contribution in [2.45, 2.75) is 38.5 Å². The quantitative estimate of drug-likeness (QED) is 0.863. The summed E-state index contributed by atoms with van der Waals surface area (Å²) in [4.78, 5) is 5.55. The molecule has 0 saturated heterocycles. The van der Waals surface area contributed by atoms with Gasteiger partial charge in [-0.3, -0.25) is 0 Å². The van der Waals surface area contributed by atoms with Gasteiger partial charge < -0.3 is 10.3 Å². The van der Waals surface area contributed by atoms with E-state index in [0.29, 0.717) is 22.3 Å². The molecule has 0 aliphatic heterocycles. The van der Waals surface area contributed by atoms with E-state index in [1.165, 1.54) is 16.2 Å². The van der Waals surface area contributed by atoms with Crippen molar-refractivity contribution in [2.75, 3.05) is 5.73 Å². The number of hydrogen-bond acceptors (Lipinski definition) is 6. The molecule has 0 saturated carbocycles. The Morgan fingerprint density at radius 2 is 2.32 bits per heavy atom. The maximum atomic E-state index is 9.36. The molecule has 2 aromatic rings. The first-order chi connectivity index (χ1) is 9.06. The highest BCUT2D eigenvalue weighted by atomic mass is 32.1. The van der Waals surface area contributed by atoms with Crippen LogP contribution in [0.25, 0.3) is 0 Å². The Morgan fingerprint density at radius 3 is 2.95 bits per heavy atom. The minimum Gasteiger partial charge on any atom is -0.389 e. The topological polar surface area (TPSA) is 88.7 Å². The standard InChI is InChI=1S/C13H14N4OS/c1-7-16-12(18-17-7)13(2)5-3-4-9-10(13)8(6-14)11(15)19-9/h3-5,15H2,1-2H3/t13-/m0/s1. The van der Waals surface area contributed by atoms with Gasteiger partial charge in [-0.15, -0.1) is 11.3 Å². The lowest BCUT2D eigenvalue weighted by Gasteiger charge is -2.30. The summed E-state index contributed by atoms with van der Waals surface area (Å²) < 4.78 is 5.37. The zero-order valence-electron chi connectivity index (χ0n) is 10.9. The van der Waals surface area contributed by atoms with Gasteiger partial charge in [-0.1, -0.05) is 5.16 Å². The second-order valence-corrected chi connectivity index (χ2v) is 6.22. The number of hydrogen-bond donors (Lipinski definition) is 1. The Bertz CT molecular complexity index is 681. The van der Waals surface area contributed by atoms with E-state index in [2.05, 4.69) is 23.1 Å². The van der Waals surface area contributed by atoms with Gasteiger partial charge in [-0.25, -0.2) is 0 Å². The van der Waals surface area contributed by atoms with Crippen molar-refractivity contribution >= 4 is 16.3 Å². The maximum Gasteiger partial charge on any atom is 0.237 e. The molecule has 6 heteroatoms. The molecule has 0 aromatic carbocycles. The summed E-state index contributed by atoms with van der Waals surface area (Å²) in [5.74, 6) is 1.20. The van der Waals surface area contributed by atoms with Crippen LogP contribution >= 0.6 is 11.3 Å². The van der Waals surface area contributed by atoms with E-state index in [-0.39, 0.29) is 0 Å². The normalized spacial score (nSPS) is 21.9. The van der Waals surface area contributed by atoms with E-state index in [4.69, 9.17) is 10.3 Å². The third-order valence-corrected chi connectivity index (χ3v) is 4.83. The molecular formula is C13H14N4OS. The smallest absolute Gasteiger partial charge is 0.237 e. The molecule has 3 rings (SSSR count). The first-order valence-electron chi connectivity index (χ1n) is 6.19. The minimum absolute atomic E-state index is 0.395. The number of nitrogen functional groups attached to an aromatic ring is 1. The largest absolute Gasteiger partial charge is 0.389 e. The van der Waals surface area contributed by atoms with Gasteiger partial charge in [0.15, 0.2) is 5.82 Å². The van der Waals surface area contributed by atoms with Crippen molar-refractivity contribution in [1.82, 2.24) is 10.1 Å². The van der Waals surface area contributed by atoms with E-state index >= 15 is 0 Å². The average molecular weight is 274 g/mol. The molecule has 1 atom stereocenters. The number of aryl methyl sites for hydroxylation is 2. The SMILES string of the molecule is Cc1noc([C@@]2(C)CCCc3sc(N)c(C#N)c32)n1. The summed E-state index contributed by atoms with van der Waals surface area (Å²) in [6.45, 7) is 3.86. The third-order valence-electron chi connectivity index (χ3n) is 3.75. The first kappa shape index (κ1) is 12.2. The van der Waals surface area contributed by atoms with Gasteiger partial charge in [0.05, 0.1) is 11.0 Å². The number of nitrogens with zero attached hydrogens (tertiary/aromatic N) is 3. The van der Waals surface area contributed by atoms with Crippen LogP contribution in [0.2, 0.25) is 0 Å². The second kappa shape index (κ2) is 4.07. The Balaban J connectivity index is 2.25. The van der Waals surface area contributed by atoms with Gasteiger partial charge in [-0.05, 0) is 33.1 Å². The highest BCUT2D eigenvalue weighted by Gasteiger charge is 2.42. The summed E-state index contributed by atoms with van der Waals surface area (Å²) in [5.41, 5.74) is 7.15. The molecule has 0 spiro atoms. The van der Waals surface area contributed by atoms with Crippen LogP contribution in [0.3, 0.4) is 0 Å². The number of aromatic nitrogens is 2. The molecule has 19 heavy (non-hydrogen) atoms. The fourth-order valence-corrected chi connectivity index (χ4v) is 4.02. The monoisotopic (exact) mass is 274 g/mol. The number of thiophene rings is 1. The third kappa shape index (κ3) is 1.65. The van der Waals surface area contributed by atoms with Crippen LogP contribution < -0.4 is 5.73 Å². The summed E-state index contributed by atoms with van der Waals surface area (Å²) >= 11 is 1.51. The van der Waals surface area contributed by atoms with Crippen molar-refractivity contribution in [3.8, 4) is 6.07 Å². The van der Waals surface area contributed by atoms with Crippen LogP contribution in [0, 0.1) is 18.3 Å². The molecule has 0 fully saturated rings. The van der Waals surface area contributed by atoms with E-state index in [0.717, 1.165) is 24.8 Å². The minimum atomic E-state index is -0.395. The van der Waals surface area contributed by atoms with E-state index in [9.17, 15) is 5.26 Å². The van der Waals surface area contributed by atoms with Crippen molar-refractivity contribution < 1.29 is 4.52 Å². The lowest BCUT2D eigenvalue weighted by molar-refractivity contribution is 0.299. The Morgan fingerprint density at radius 1 is 1.53 bits per heavy atom. The maximum absolute atomic E-state index is 9.36. The molecule has 5 nitrogen and oxygen atoms in total. The molecule has 0 unspecified atom stereocenters. The van der Waals surface area contributed by atoms with Crippen LogP contribution in [-0.4, -0.2) is 10.1 Å². The molecule has 2 aromatic heterocycles. The number of nitrogens with two attached hydrogens (primary N) is 1. The van der Waals surface area contributed by atoms with Crippen molar-refractivity contribution in [1.29, 1.82) is 5.26 Å². The van der Waals surface area contributed by atoms with Gasteiger partial charge in [0.25, 0.3) is 0 Å². The molecule has 2 heterocycles. The van der Waals surface area contributed by atoms with Crippen LogP contribution in [0.5, 0.6) is 0 Å². The Kier molecular flexibility index (Phi) is 2.61. The Labute approximate surface area is 115 Å². The summed E-state index contributed by atoms with van der Waals surface area (Å²) in [7, 11) is 0. The molecule has 1 aliphatic rings. The highest BCUT2D eigenvalue weighted by molar-refractivity contribution is 7.16. The predicted molar refractivity (Wildman–Crippen MR) is 71.9 cm³/mol. The van der Waals surface area contributed by atoms with Crippen LogP contribution in [0.4, 0.5) is 5.00 Å². The number of nitriles is 1. The first-order valence-corrected chi connectivity index (χ1v) is 7.00. The molecule has 2 N–H and O–H groups in total. The lowest BCUT2D eigenvalue weighted by atomic mass is 9.72. The van der Waals surface area contributed by atoms with E-state index in [1.807, 2.05) is 0 Å². The zero-order valence-corrected chi connectivity index (χ0v) is 11.7. The number of rotatable bonds is 1. The summed E-state index contributed by atoms with van der Waals surface area (Å²) in [5, 5.41) is 13.8. The average Bonchev–Trinajstić information content (AvgIpc) is 2.93. The van der Waals surface area contributed by atoms with E-state index in [1.54, 1.807) is 6.92 Å². The fourth-order valence-electron chi connectivity index (χ4n) is 2.83. The molecular weight excluding hydrogens is 260 g/mol. The van der Waals surface area contributed by atoms with Crippen LogP contribution in [0.15, 0.2) is 4.52 Å². The van der Waals surface area contributed by atoms with Crippen LogP contribution in [-0.2, 0) is 11.8 Å². The van der Waals surface area contributed by atoms with Gasteiger partial charge >= 0.3 is 0 Å². The van der Waals surface area contributed by atoms with Gasteiger partial charge in [0.1, 0.15) is 11.1 Å². The Hall–Kier alpha value is -1.87. The van der Waals surface area contributed by atoms with Crippen molar-refractivity contribution in [2.24, 2.45) is 0 Å². The van der Waals surface area contributed by atoms with Gasteiger partial charge in [0, 0.05) is 10.4 Å². The lowest BCUT2D eigenvalue weighted by Crippen LogP contribution is -2.29. The summed E-state index contributed by atoms with van der Waals surface area (Å²) in [6.07, 6.45) is 2.90. The predicted octanol–water partition coefficient (Wildman–Crippen LogP) is 2.54. The van der Waals surface area contributed by atoms with Gasteiger partial charge in [-0.2, -0.15) is 10.2 Å². The molecule has 0 bridgehead atoms. The highest BCUT2D eigenvalue weighted by Crippen LogP contribution is 2.48. The van der Waals surface area contributed by atoms with Crippen molar-refractivity contribution in [3.63, 3.8) is 0 Å². The zero-order chi connectivity index (χ0) is 13.6. The molecule has 1 aliphatic carbocycles. The molecule has 0 radical (unpaired) electrons. The number of anilines is 1. The number of fused-ring (bicyclic) bond motifs is 1. The summed E-state index contributed by atoms with van der Waals surface area (Å²) in [6, 6.07) is 2.23. The van der Waals surface area contributed by atoms with Crippen molar-refractivity contribution in [3.05, 3.63) is 27.7 Å². The van der Waals surface area contributed by atoms with E-state index < -0.39 is 5.41 Å². The van der Waals surface area contributed by atoms with Crippen LogP contribution in [0.1, 0.15) is 47.5 Å².